The topological polar surface area (TPSA) is 26.0 Å². The van der Waals surface area contributed by atoms with E-state index in [1.807, 2.05) is 0 Å². The first-order valence-corrected chi connectivity index (χ1v) is 4.18. The molecule has 0 bridgehead atoms. The van der Waals surface area contributed by atoms with Crippen LogP contribution in [0.5, 0.6) is 0 Å². The fourth-order valence-corrected chi connectivity index (χ4v) is 1.61. The van der Waals surface area contributed by atoms with Gasteiger partial charge in [-0.1, -0.05) is 19.1 Å². The van der Waals surface area contributed by atoms with Gasteiger partial charge in [-0.25, -0.2) is 4.39 Å². The van der Waals surface area contributed by atoms with Gasteiger partial charge in [0.25, 0.3) is 0 Å². The molecule has 1 aromatic carbocycles. The molecule has 0 radical (unpaired) electrons. The van der Waals surface area contributed by atoms with Crippen LogP contribution in [0.25, 0.3) is 0 Å². The predicted octanol–water partition coefficient (Wildman–Crippen LogP) is 2.02. The molecule has 2 atom stereocenters. The molecule has 12 heavy (non-hydrogen) atoms. The van der Waals surface area contributed by atoms with Gasteiger partial charge in [0.05, 0.1) is 0 Å². The van der Waals surface area contributed by atoms with Gasteiger partial charge >= 0.3 is 0 Å². The first kappa shape index (κ1) is 7.74. The predicted molar refractivity (Wildman–Crippen MR) is 46.0 cm³/mol. The van der Waals surface area contributed by atoms with Crippen LogP contribution in [0.3, 0.4) is 0 Å². The van der Waals surface area contributed by atoms with Crippen LogP contribution in [-0.4, -0.2) is 0 Å². The summed E-state index contributed by atoms with van der Waals surface area (Å²) >= 11 is 0. The van der Waals surface area contributed by atoms with Gasteiger partial charge in [0.1, 0.15) is 5.82 Å². The molecule has 64 valence electrons. The molecule has 0 spiro atoms. The molecule has 1 aliphatic rings. The standard InChI is InChI=1S/C10H12FN/c1-7-6-10(7,12)8-2-4-9(11)5-3-8/h2-5,7H,6,12H2,1H3. The van der Waals surface area contributed by atoms with Gasteiger partial charge in [0.15, 0.2) is 0 Å². The number of hydrogen-bond acceptors (Lipinski definition) is 1. The van der Waals surface area contributed by atoms with Crippen molar-refractivity contribution in [3.05, 3.63) is 35.6 Å². The zero-order valence-corrected chi connectivity index (χ0v) is 7.05. The highest BCUT2D eigenvalue weighted by Crippen LogP contribution is 2.48. The molecule has 2 rings (SSSR count). The Kier molecular flexibility index (Phi) is 1.48. The Bertz CT molecular complexity index is 293. The maximum Gasteiger partial charge on any atom is 0.123 e. The van der Waals surface area contributed by atoms with Crippen LogP contribution in [0.4, 0.5) is 4.39 Å². The summed E-state index contributed by atoms with van der Waals surface area (Å²) in [6.07, 6.45) is 1.01. The molecule has 1 aliphatic carbocycles. The Morgan fingerprint density at radius 1 is 1.42 bits per heavy atom. The van der Waals surface area contributed by atoms with Crippen LogP contribution >= 0.6 is 0 Å². The molecule has 0 aromatic heterocycles. The third kappa shape index (κ3) is 1.03. The number of nitrogens with two attached hydrogens (primary N) is 1. The number of halogens is 1. The Morgan fingerprint density at radius 2 is 1.92 bits per heavy atom. The molecule has 1 fully saturated rings. The highest BCUT2D eigenvalue weighted by molar-refractivity contribution is 5.31. The van der Waals surface area contributed by atoms with E-state index in [-0.39, 0.29) is 11.4 Å². The van der Waals surface area contributed by atoms with Gasteiger partial charge in [-0.3, -0.25) is 0 Å². The second-order valence-corrected chi connectivity index (χ2v) is 3.65. The molecule has 1 aromatic rings. The molecule has 2 unspecified atom stereocenters. The third-order valence-corrected chi connectivity index (χ3v) is 2.74. The van der Waals surface area contributed by atoms with Gasteiger partial charge in [-0.15, -0.1) is 0 Å². The van der Waals surface area contributed by atoms with Crippen molar-refractivity contribution in [3.63, 3.8) is 0 Å². The van der Waals surface area contributed by atoms with Gasteiger partial charge in [-0.2, -0.15) is 0 Å². The lowest BCUT2D eigenvalue weighted by Crippen LogP contribution is -2.21. The first-order chi connectivity index (χ1) is 5.63. The van der Waals surface area contributed by atoms with E-state index in [2.05, 4.69) is 6.92 Å². The fraction of sp³-hybridized carbons (Fsp3) is 0.400. The van der Waals surface area contributed by atoms with E-state index in [4.69, 9.17) is 5.73 Å². The lowest BCUT2D eigenvalue weighted by atomic mass is 10.0. The zero-order chi connectivity index (χ0) is 8.77. The Labute approximate surface area is 71.4 Å². The summed E-state index contributed by atoms with van der Waals surface area (Å²) in [5.74, 6) is 0.332. The van der Waals surface area contributed by atoms with Crippen LogP contribution in [0.2, 0.25) is 0 Å². The highest BCUT2D eigenvalue weighted by atomic mass is 19.1. The Hall–Kier alpha value is -0.890. The minimum absolute atomic E-state index is 0.173. The van der Waals surface area contributed by atoms with Crippen LogP contribution in [0.15, 0.2) is 24.3 Å². The van der Waals surface area contributed by atoms with Crippen molar-refractivity contribution in [2.45, 2.75) is 18.9 Å². The van der Waals surface area contributed by atoms with Gasteiger partial charge in [0, 0.05) is 5.54 Å². The van der Waals surface area contributed by atoms with Crippen molar-refractivity contribution < 1.29 is 4.39 Å². The minimum atomic E-state index is -0.198. The van der Waals surface area contributed by atoms with E-state index < -0.39 is 0 Å². The van der Waals surface area contributed by atoms with E-state index in [1.54, 1.807) is 12.1 Å². The number of rotatable bonds is 1. The second kappa shape index (κ2) is 2.30. The molecular formula is C10H12FN. The summed E-state index contributed by atoms with van der Waals surface area (Å²) in [5.41, 5.74) is 6.92. The molecule has 2 heteroatoms. The summed E-state index contributed by atoms with van der Waals surface area (Å²) in [5, 5.41) is 0. The largest absolute Gasteiger partial charge is 0.321 e. The van der Waals surface area contributed by atoms with Crippen molar-refractivity contribution in [2.24, 2.45) is 11.7 Å². The van der Waals surface area contributed by atoms with Gasteiger partial charge in [-0.05, 0) is 30.0 Å². The molecule has 1 nitrogen and oxygen atoms in total. The van der Waals surface area contributed by atoms with E-state index in [0.717, 1.165) is 12.0 Å². The first-order valence-electron chi connectivity index (χ1n) is 4.18. The summed E-state index contributed by atoms with van der Waals surface area (Å²) < 4.78 is 12.6. The molecule has 0 aliphatic heterocycles. The second-order valence-electron chi connectivity index (χ2n) is 3.65. The quantitative estimate of drug-likeness (QED) is 0.677. The number of hydrogen-bond donors (Lipinski definition) is 1. The lowest BCUT2D eigenvalue weighted by molar-refractivity contribution is 0.620. The normalized spacial score (nSPS) is 33.4. The lowest BCUT2D eigenvalue weighted by Gasteiger charge is -2.09. The summed E-state index contributed by atoms with van der Waals surface area (Å²) in [6, 6.07) is 6.49. The molecular weight excluding hydrogens is 153 g/mol. The maximum atomic E-state index is 12.6. The summed E-state index contributed by atoms with van der Waals surface area (Å²) in [7, 11) is 0. The fourth-order valence-electron chi connectivity index (χ4n) is 1.61. The monoisotopic (exact) mass is 165 g/mol. The van der Waals surface area contributed by atoms with E-state index >= 15 is 0 Å². The van der Waals surface area contributed by atoms with Crippen molar-refractivity contribution in [2.75, 3.05) is 0 Å². The Morgan fingerprint density at radius 3 is 2.33 bits per heavy atom. The SMILES string of the molecule is CC1CC1(N)c1ccc(F)cc1. The van der Waals surface area contributed by atoms with E-state index in [1.165, 1.54) is 12.1 Å². The Balaban J connectivity index is 2.31. The molecule has 0 heterocycles. The van der Waals surface area contributed by atoms with Crippen LogP contribution in [0.1, 0.15) is 18.9 Å². The van der Waals surface area contributed by atoms with Gasteiger partial charge in [0.2, 0.25) is 0 Å². The molecule has 2 N–H and O–H groups in total. The van der Waals surface area contributed by atoms with Gasteiger partial charge < -0.3 is 5.73 Å². The van der Waals surface area contributed by atoms with E-state index in [9.17, 15) is 4.39 Å². The van der Waals surface area contributed by atoms with Crippen molar-refractivity contribution in [3.8, 4) is 0 Å². The molecule has 0 saturated heterocycles. The average Bonchev–Trinajstić information content (AvgIpc) is 2.62. The van der Waals surface area contributed by atoms with Crippen LogP contribution < -0.4 is 5.73 Å². The van der Waals surface area contributed by atoms with Crippen molar-refractivity contribution >= 4 is 0 Å². The van der Waals surface area contributed by atoms with Crippen molar-refractivity contribution in [1.82, 2.24) is 0 Å². The minimum Gasteiger partial charge on any atom is -0.321 e. The zero-order valence-electron chi connectivity index (χ0n) is 7.05. The summed E-state index contributed by atoms with van der Waals surface area (Å²) in [4.78, 5) is 0. The van der Waals surface area contributed by atoms with Crippen LogP contribution in [-0.2, 0) is 5.54 Å². The third-order valence-electron chi connectivity index (χ3n) is 2.74. The maximum absolute atomic E-state index is 12.6. The van der Waals surface area contributed by atoms with Crippen LogP contribution in [0, 0.1) is 11.7 Å². The number of benzene rings is 1. The summed E-state index contributed by atoms with van der Waals surface area (Å²) in [6.45, 7) is 2.11. The smallest absolute Gasteiger partial charge is 0.123 e. The van der Waals surface area contributed by atoms with E-state index in [0.29, 0.717) is 5.92 Å². The van der Waals surface area contributed by atoms with Crippen molar-refractivity contribution in [1.29, 1.82) is 0 Å². The highest BCUT2D eigenvalue weighted by Gasteiger charge is 2.48. The molecule has 1 saturated carbocycles. The molecule has 0 amide bonds. The average molecular weight is 165 g/mol.